The van der Waals surface area contributed by atoms with Crippen LogP contribution in [0.4, 0.5) is 17.1 Å². The summed E-state index contributed by atoms with van der Waals surface area (Å²) in [6.45, 7) is 0. The Morgan fingerprint density at radius 2 is 0.893 bits per heavy atom. The first-order valence-corrected chi connectivity index (χ1v) is 18.9. The van der Waals surface area contributed by atoms with E-state index in [1.54, 1.807) is 0 Å². The lowest BCUT2D eigenvalue weighted by Gasteiger charge is -2.27. The van der Waals surface area contributed by atoms with E-state index in [0.29, 0.717) is 0 Å². The van der Waals surface area contributed by atoms with Gasteiger partial charge in [0.25, 0.3) is 0 Å². The molecule has 0 unspecified atom stereocenters. The molecule has 262 valence electrons. The quantitative estimate of drug-likeness (QED) is 0.178. The average molecular weight is 718 g/mol. The third-order valence-corrected chi connectivity index (χ3v) is 11.2. The molecule has 3 heterocycles. The van der Waals surface area contributed by atoms with Gasteiger partial charge in [-0.2, -0.15) is 0 Å². The summed E-state index contributed by atoms with van der Waals surface area (Å²) in [5.74, 6) is 0. The van der Waals surface area contributed by atoms with Crippen LogP contribution in [0.2, 0.25) is 0 Å². The summed E-state index contributed by atoms with van der Waals surface area (Å²) in [6.07, 6.45) is 0. The number of rotatable bonds is 5. The molecule has 0 radical (unpaired) electrons. The van der Waals surface area contributed by atoms with Crippen LogP contribution >= 0.6 is 0 Å². The molecule has 12 rings (SSSR count). The highest BCUT2D eigenvalue weighted by atomic mass is 16.3. The van der Waals surface area contributed by atoms with Crippen molar-refractivity contribution in [3.8, 4) is 22.3 Å². The molecule has 0 aliphatic carbocycles. The van der Waals surface area contributed by atoms with Crippen LogP contribution in [0.15, 0.2) is 201 Å². The molecule has 0 saturated heterocycles. The van der Waals surface area contributed by atoms with Crippen molar-refractivity contribution >= 4 is 93.7 Å². The summed E-state index contributed by atoms with van der Waals surface area (Å²) in [4.78, 5) is 2.36. The monoisotopic (exact) mass is 717 g/mol. The van der Waals surface area contributed by atoms with Gasteiger partial charge in [-0.15, -0.1) is 0 Å². The normalized spacial score (nSPS) is 11.9. The number of hydrogen-bond acceptors (Lipinski definition) is 4. The van der Waals surface area contributed by atoms with E-state index in [4.69, 9.17) is 13.3 Å². The minimum Gasteiger partial charge on any atom is -0.456 e. The average Bonchev–Trinajstić information content (AvgIpc) is 3.96. The molecular formula is C52H31NO3. The number of fused-ring (bicyclic) bond motifs is 11. The maximum Gasteiger partial charge on any atom is 0.159 e. The van der Waals surface area contributed by atoms with E-state index < -0.39 is 0 Å². The molecule has 4 nitrogen and oxygen atoms in total. The van der Waals surface area contributed by atoms with Crippen molar-refractivity contribution in [3.05, 3.63) is 188 Å². The summed E-state index contributed by atoms with van der Waals surface area (Å²) >= 11 is 0. The van der Waals surface area contributed by atoms with Crippen LogP contribution in [0.25, 0.3) is 98.8 Å². The van der Waals surface area contributed by atoms with Crippen molar-refractivity contribution in [2.24, 2.45) is 0 Å². The SMILES string of the molecule is c1ccc(-c2cccc(N(c3cc4c5cccc(-c6ccc7c(c6)oc6ccccc67)c5oc4c4ccccc34)c3cccc4c3oc3ccccc34)c2)cc1. The second-order valence-corrected chi connectivity index (χ2v) is 14.4. The Bertz CT molecular complexity index is 3500. The molecule has 0 bridgehead atoms. The van der Waals surface area contributed by atoms with Gasteiger partial charge in [-0.25, -0.2) is 0 Å². The van der Waals surface area contributed by atoms with Crippen molar-refractivity contribution in [2.45, 2.75) is 0 Å². The largest absolute Gasteiger partial charge is 0.456 e. The predicted octanol–water partition coefficient (Wildman–Crippen LogP) is 15.3. The molecule has 0 aliphatic rings. The first-order chi connectivity index (χ1) is 27.8. The lowest BCUT2D eigenvalue weighted by molar-refractivity contribution is 0.668. The maximum absolute atomic E-state index is 6.99. The zero-order valence-corrected chi connectivity index (χ0v) is 30.1. The molecule has 0 aliphatic heterocycles. The van der Waals surface area contributed by atoms with Crippen molar-refractivity contribution in [2.75, 3.05) is 4.90 Å². The Labute approximate surface area is 321 Å². The van der Waals surface area contributed by atoms with Crippen LogP contribution in [0, 0.1) is 0 Å². The number of nitrogens with zero attached hydrogens (tertiary/aromatic N) is 1. The van der Waals surface area contributed by atoms with E-state index in [2.05, 4.69) is 169 Å². The van der Waals surface area contributed by atoms with E-state index in [0.717, 1.165) is 116 Å². The second kappa shape index (κ2) is 12.0. The summed E-state index contributed by atoms with van der Waals surface area (Å²) in [6, 6.07) is 66.0. The molecule has 0 atom stereocenters. The van der Waals surface area contributed by atoms with E-state index in [1.807, 2.05) is 24.3 Å². The van der Waals surface area contributed by atoms with Crippen LogP contribution < -0.4 is 4.90 Å². The molecule has 9 aromatic carbocycles. The van der Waals surface area contributed by atoms with Crippen molar-refractivity contribution < 1.29 is 13.3 Å². The first-order valence-electron chi connectivity index (χ1n) is 18.9. The predicted molar refractivity (Wildman–Crippen MR) is 231 cm³/mol. The van der Waals surface area contributed by atoms with Gasteiger partial charge in [-0.05, 0) is 65.2 Å². The van der Waals surface area contributed by atoms with E-state index >= 15 is 0 Å². The number of furan rings is 3. The fraction of sp³-hybridized carbons (Fsp3) is 0. The summed E-state index contributed by atoms with van der Waals surface area (Å²) in [7, 11) is 0. The van der Waals surface area contributed by atoms with E-state index in [9.17, 15) is 0 Å². The van der Waals surface area contributed by atoms with Crippen molar-refractivity contribution in [1.82, 2.24) is 0 Å². The molecule has 0 N–H and O–H groups in total. The Morgan fingerprint density at radius 3 is 1.73 bits per heavy atom. The zero-order valence-electron chi connectivity index (χ0n) is 30.1. The lowest BCUT2D eigenvalue weighted by Crippen LogP contribution is -2.11. The summed E-state index contributed by atoms with van der Waals surface area (Å²) < 4.78 is 20.0. The van der Waals surface area contributed by atoms with E-state index in [-0.39, 0.29) is 0 Å². The molecular weight excluding hydrogens is 687 g/mol. The third kappa shape index (κ3) is 4.60. The Hall–Kier alpha value is -7.56. The zero-order chi connectivity index (χ0) is 36.7. The highest BCUT2D eigenvalue weighted by Crippen LogP contribution is 2.48. The molecule has 3 aromatic heterocycles. The van der Waals surface area contributed by atoms with Gasteiger partial charge in [-0.1, -0.05) is 140 Å². The molecule has 56 heavy (non-hydrogen) atoms. The van der Waals surface area contributed by atoms with Crippen LogP contribution in [0.3, 0.4) is 0 Å². The minimum absolute atomic E-state index is 0.836. The highest BCUT2D eigenvalue weighted by Gasteiger charge is 2.24. The van der Waals surface area contributed by atoms with Crippen molar-refractivity contribution in [3.63, 3.8) is 0 Å². The summed E-state index contributed by atoms with van der Waals surface area (Å²) in [5, 5.41) is 8.60. The fourth-order valence-corrected chi connectivity index (χ4v) is 8.68. The molecule has 0 saturated carbocycles. The van der Waals surface area contributed by atoms with E-state index in [1.165, 1.54) is 0 Å². The molecule has 12 aromatic rings. The van der Waals surface area contributed by atoms with Gasteiger partial charge in [0.05, 0.1) is 11.4 Å². The van der Waals surface area contributed by atoms with Gasteiger partial charge in [-0.3, -0.25) is 0 Å². The van der Waals surface area contributed by atoms with Crippen LogP contribution in [-0.2, 0) is 0 Å². The number of benzene rings is 9. The van der Waals surface area contributed by atoms with Crippen LogP contribution in [-0.4, -0.2) is 0 Å². The van der Waals surface area contributed by atoms with Gasteiger partial charge >= 0.3 is 0 Å². The highest BCUT2D eigenvalue weighted by molar-refractivity contribution is 6.22. The number of anilines is 3. The van der Waals surface area contributed by atoms with Gasteiger partial charge in [0.2, 0.25) is 0 Å². The van der Waals surface area contributed by atoms with Gasteiger partial charge < -0.3 is 18.2 Å². The second-order valence-electron chi connectivity index (χ2n) is 14.4. The topological polar surface area (TPSA) is 42.7 Å². The number of para-hydroxylation sites is 4. The lowest BCUT2D eigenvalue weighted by atomic mass is 9.98. The van der Waals surface area contributed by atoms with Gasteiger partial charge in [0.15, 0.2) is 5.58 Å². The van der Waals surface area contributed by atoms with Gasteiger partial charge in [0.1, 0.15) is 27.9 Å². The first kappa shape index (κ1) is 30.9. The minimum atomic E-state index is 0.836. The van der Waals surface area contributed by atoms with Crippen molar-refractivity contribution in [1.29, 1.82) is 0 Å². The Balaban J connectivity index is 1.13. The standard InChI is InChI=1S/C52H31NO3/c1-2-13-32(14-3-1)33-15-10-16-35(29-33)53(45-24-12-23-42-39-19-7-9-26-48(39)55-52(42)45)46-31-44-43-22-11-21-36(50(43)56-51(44)41-20-5-4-17-37(41)46)34-27-28-40-38-18-6-8-25-47(38)54-49(40)30-34/h1-31H. The van der Waals surface area contributed by atoms with Crippen LogP contribution in [0.1, 0.15) is 0 Å². The van der Waals surface area contributed by atoms with Crippen LogP contribution in [0.5, 0.6) is 0 Å². The molecule has 0 amide bonds. The van der Waals surface area contributed by atoms with Gasteiger partial charge in [0, 0.05) is 54.3 Å². The molecule has 4 heteroatoms. The summed E-state index contributed by atoms with van der Waals surface area (Å²) in [5.41, 5.74) is 12.5. The smallest absolute Gasteiger partial charge is 0.159 e. The molecule has 0 spiro atoms. The maximum atomic E-state index is 6.99. The Kier molecular flexibility index (Phi) is 6.60. The Morgan fingerprint density at radius 1 is 0.286 bits per heavy atom. The molecule has 0 fully saturated rings. The third-order valence-electron chi connectivity index (χ3n) is 11.2. The number of hydrogen-bond donors (Lipinski definition) is 0. The fourth-order valence-electron chi connectivity index (χ4n) is 8.68.